The van der Waals surface area contributed by atoms with Crippen molar-refractivity contribution in [1.29, 1.82) is 0 Å². The van der Waals surface area contributed by atoms with Crippen molar-refractivity contribution < 1.29 is 13.9 Å². The molecule has 7 nitrogen and oxygen atoms in total. The van der Waals surface area contributed by atoms with E-state index >= 15 is 0 Å². The normalized spacial score (nSPS) is 13.5. The Bertz CT molecular complexity index is 737. The van der Waals surface area contributed by atoms with E-state index in [9.17, 15) is 9.18 Å². The minimum absolute atomic E-state index is 0.0646. The first kappa shape index (κ1) is 17.9. The molecule has 1 fully saturated rings. The van der Waals surface area contributed by atoms with E-state index in [1.807, 2.05) is 6.07 Å². The van der Waals surface area contributed by atoms with Gasteiger partial charge in [0.25, 0.3) is 5.91 Å². The second kappa shape index (κ2) is 8.98. The summed E-state index contributed by atoms with van der Waals surface area (Å²) in [4.78, 5) is 14.0. The number of rotatable bonds is 8. The van der Waals surface area contributed by atoms with Crippen LogP contribution in [0.15, 0.2) is 36.5 Å². The van der Waals surface area contributed by atoms with Crippen LogP contribution in [0, 0.1) is 5.82 Å². The molecule has 0 bridgehead atoms. The molecule has 1 aliphatic heterocycles. The molecule has 0 unspecified atom stereocenters. The molecule has 0 radical (unpaired) electrons. The Balaban J connectivity index is 1.36. The number of hydrogen-bond acceptors (Lipinski definition) is 6. The minimum atomic E-state index is -0.488. The van der Waals surface area contributed by atoms with Crippen LogP contribution in [0.25, 0.3) is 0 Å². The number of halogens is 1. The standard InChI is InChI=1S/C18H22FN5O2/c19-15-5-1-2-6-16(15)26-13-18(25)21-8-7-20-17-11-14(12-22-23-17)24-9-3-4-10-24/h1-2,5-6,11-12H,3-4,7-10,13H2,(H,20,23)(H,21,25). The smallest absolute Gasteiger partial charge is 0.258 e. The third-order valence-corrected chi connectivity index (χ3v) is 4.06. The summed E-state index contributed by atoms with van der Waals surface area (Å²) in [7, 11) is 0. The maximum atomic E-state index is 13.4. The third kappa shape index (κ3) is 5.05. The second-order valence-corrected chi connectivity index (χ2v) is 5.99. The Morgan fingerprint density at radius 3 is 2.85 bits per heavy atom. The molecular weight excluding hydrogens is 337 g/mol. The largest absolute Gasteiger partial charge is 0.481 e. The van der Waals surface area contributed by atoms with Crippen molar-refractivity contribution in [1.82, 2.24) is 15.5 Å². The molecule has 0 atom stereocenters. The molecule has 2 N–H and O–H groups in total. The van der Waals surface area contributed by atoms with Crippen molar-refractivity contribution in [3.63, 3.8) is 0 Å². The lowest BCUT2D eigenvalue weighted by Gasteiger charge is -2.17. The molecule has 2 aromatic rings. The molecule has 26 heavy (non-hydrogen) atoms. The zero-order valence-electron chi connectivity index (χ0n) is 14.4. The van der Waals surface area contributed by atoms with Crippen LogP contribution >= 0.6 is 0 Å². The van der Waals surface area contributed by atoms with Crippen molar-refractivity contribution in [2.45, 2.75) is 12.8 Å². The van der Waals surface area contributed by atoms with Gasteiger partial charge in [-0.25, -0.2) is 4.39 Å². The summed E-state index contributed by atoms with van der Waals surface area (Å²) >= 11 is 0. The van der Waals surface area contributed by atoms with Crippen LogP contribution in [0.3, 0.4) is 0 Å². The molecule has 0 saturated carbocycles. The number of amides is 1. The molecule has 1 saturated heterocycles. The topological polar surface area (TPSA) is 79.4 Å². The summed E-state index contributed by atoms with van der Waals surface area (Å²) in [6.45, 7) is 2.76. The van der Waals surface area contributed by atoms with E-state index in [-0.39, 0.29) is 18.3 Å². The molecule has 2 heterocycles. The fraction of sp³-hybridized carbons (Fsp3) is 0.389. The van der Waals surface area contributed by atoms with E-state index < -0.39 is 5.82 Å². The fourth-order valence-electron chi connectivity index (χ4n) is 2.74. The highest BCUT2D eigenvalue weighted by atomic mass is 19.1. The van der Waals surface area contributed by atoms with E-state index in [1.54, 1.807) is 18.3 Å². The van der Waals surface area contributed by atoms with Crippen LogP contribution in [0.1, 0.15) is 12.8 Å². The first-order valence-corrected chi connectivity index (χ1v) is 8.68. The average molecular weight is 359 g/mol. The second-order valence-electron chi connectivity index (χ2n) is 5.99. The van der Waals surface area contributed by atoms with Crippen LogP contribution in [-0.4, -0.2) is 48.9 Å². The van der Waals surface area contributed by atoms with Gasteiger partial charge in [-0.2, -0.15) is 5.10 Å². The van der Waals surface area contributed by atoms with E-state index in [4.69, 9.17) is 4.74 Å². The number of carbonyl (C=O) groups excluding carboxylic acids is 1. The Morgan fingerprint density at radius 2 is 2.04 bits per heavy atom. The van der Waals surface area contributed by atoms with Crippen molar-refractivity contribution >= 4 is 17.4 Å². The number of ether oxygens (including phenoxy) is 1. The molecule has 8 heteroatoms. The molecule has 0 spiro atoms. The number of nitrogens with one attached hydrogen (secondary N) is 2. The molecule has 3 rings (SSSR count). The lowest BCUT2D eigenvalue weighted by atomic mass is 10.3. The van der Waals surface area contributed by atoms with Crippen LogP contribution in [0.5, 0.6) is 5.75 Å². The zero-order chi connectivity index (χ0) is 18.2. The van der Waals surface area contributed by atoms with Gasteiger partial charge in [-0.05, 0) is 25.0 Å². The SMILES string of the molecule is O=C(COc1ccccc1F)NCCNc1cc(N2CCCC2)cnn1. The highest BCUT2D eigenvalue weighted by Gasteiger charge is 2.13. The van der Waals surface area contributed by atoms with Gasteiger partial charge < -0.3 is 20.3 Å². The monoisotopic (exact) mass is 359 g/mol. The van der Waals surface area contributed by atoms with Gasteiger partial charge >= 0.3 is 0 Å². The van der Waals surface area contributed by atoms with E-state index in [2.05, 4.69) is 25.7 Å². The van der Waals surface area contributed by atoms with Gasteiger partial charge in [0, 0.05) is 32.2 Å². The van der Waals surface area contributed by atoms with Gasteiger partial charge in [-0.1, -0.05) is 12.1 Å². The number of hydrogen-bond donors (Lipinski definition) is 2. The number of para-hydroxylation sites is 1. The maximum Gasteiger partial charge on any atom is 0.258 e. The highest BCUT2D eigenvalue weighted by molar-refractivity contribution is 5.77. The van der Waals surface area contributed by atoms with Crippen molar-refractivity contribution in [2.24, 2.45) is 0 Å². The molecular formula is C18H22FN5O2. The molecule has 1 amide bonds. The van der Waals surface area contributed by atoms with Crippen LogP contribution in [-0.2, 0) is 4.79 Å². The van der Waals surface area contributed by atoms with Crippen LogP contribution < -0.4 is 20.3 Å². The minimum Gasteiger partial charge on any atom is -0.481 e. The summed E-state index contributed by atoms with van der Waals surface area (Å²) in [5, 5.41) is 13.9. The first-order valence-electron chi connectivity index (χ1n) is 8.68. The number of carbonyl (C=O) groups is 1. The van der Waals surface area contributed by atoms with Crippen molar-refractivity contribution in [3.05, 3.63) is 42.3 Å². The quantitative estimate of drug-likeness (QED) is 0.700. The predicted molar refractivity (Wildman–Crippen MR) is 96.9 cm³/mol. The molecule has 138 valence electrons. The lowest BCUT2D eigenvalue weighted by molar-refractivity contribution is -0.123. The Kier molecular flexibility index (Phi) is 6.19. The van der Waals surface area contributed by atoms with E-state index in [1.165, 1.54) is 25.0 Å². The van der Waals surface area contributed by atoms with Crippen molar-refractivity contribution in [3.8, 4) is 5.75 Å². The molecule has 0 aliphatic carbocycles. The van der Waals surface area contributed by atoms with Crippen LogP contribution in [0.4, 0.5) is 15.9 Å². The number of anilines is 2. The number of nitrogens with zero attached hydrogens (tertiary/aromatic N) is 3. The number of benzene rings is 1. The third-order valence-electron chi connectivity index (χ3n) is 4.06. The highest BCUT2D eigenvalue weighted by Crippen LogP contribution is 2.20. The Hall–Kier alpha value is -2.90. The summed E-state index contributed by atoms with van der Waals surface area (Å²) in [6.07, 6.45) is 4.16. The lowest BCUT2D eigenvalue weighted by Crippen LogP contribution is -2.33. The summed E-state index contributed by atoms with van der Waals surface area (Å²) in [6, 6.07) is 7.94. The Labute approximate surface area is 151 Å². The van der Waals surface area contributed by atoms with Crippen molar-refractivity contribution in [2.75, 3.05) is 43.0 Å². The van der Waals surface area contributed by atoms with Gasteiger partial charge in [-0.3, -0.25) is 4.79 Å². The average Bonchev–Trinajstić information content (AvgIpc) is 3.20. The van der Waals surface area contributed by atoms with Gasteiger partial charge in [0.1, 0.15) is 0 Å². The summed E-state index contributed by atoms with van der Waals surface area (Å²) in [5.74, 6) is -0.0635. The summed E-state index contributed by atoms with van der Waals surface area (Å²) in [5.41, 5.74) is 1.06. The van der Waals surface area contributed by atoms with Gasteiger partial charge in [-0.15, -0.1) is 5.10 Å². The van der Waals surface area contributed by atoms with Crippen LogP contribution in [0.2, 0.25) is 0 Å². The van der Waals surface area contributed by atoms with Gasteiger partial charge in [0.05, 0.1) is 11.9 Å². The van der Waals surface area contributed by atoms with E-state index in [0.29, 0.717) is 18.9 Å². The molecule has 1 aromatic carbocycles. The zero-order valence-corrected chi connectivity index (χ0v) is 14.4. The molecule has 1 aromatic heterocycles. The fourth-order valence-corrected chi connectivity index (χ4v) is 2.74. The van der Waals surface area contributed by atoms with E-state index in [0.717, 1.165) is 18.8 Å². The number of aromatic nitrogens is 2. The maximum absolute atomic E-state index is 13.4. The molecule has 1 aliphatic rings. The van der Waals surface area contributed by atoms with Gasteiger partial charge in [0.15, 0.2) is 24.0 Å². The summed E-state index contributed by atoms with van der Waals surface area (Å²) < 4.78 is 18.5. The van der Waals surface area contributed by atoms with Gasteiger partial charge in [0.2, 0.25) is 0 Å². The predicted octanol–water partition coefficient (Wildman–Crippen LogP) is 1.82. The first-order chi connectivity index (χ1) is 12.7. The Morgan fingerprint density at radius 1 is 1.23 bits per heavy atom.